The smallest absolute Gasteiger partial charge is 0.241 e. The van der Waals surface area contributed by atoms with Crippen LogP contribution in [0, 0.1) is 0 Å². The summed E-state index contributed by atoms with van der Waals surface area (Å²) in [5.74, 6) is 1.18. The van der Waals surface area contributed by atoms with E-state index in [2.05, 4.69) is 41.2 Å². The van der Waals surface area contributed by atoms with Gasteiger partial charge in [0.05, 0.1) is 18.8 Å². The topological polar surface area (TPSA) is 64.3 Å². The molecule has 1 N–H and O–H groups in total. The van der Waals surface area contributed by atoms with Crippen molar-refractivity contribution in [3.8, 4) is 0 Å². The zero-order chi connectivity index (χ0) is 17.3. The number of alkyl halides is 1. The van der Waals surface area contributed by atoms with Crippen molar-refractivity contribution >= 4 is 23.1 Å². The van der Waals surface area contributed by atoms with Crippen molar-refractivity contribution in [3.05, 3.63) is 17.2 Å². The van der Waals surface area contributed by atoms with Crippen molar-refractivity contribution in [3.63, 3.8) is 0 Å². The Morgan fingerprint density at radius 3 is 2.88 bits per heavy atom. The largest absolute Gasteiger partial charge is 0.378 e. The quantitative estimate of drug-likeness (QED) is 0.890. The van der Waals surface area contributed by atoms with Crippen LogP contribution in [0.3, 0.4) is 0 Å². The lowest BCUT2D eigenvalue weighted by Crippen LogP contribution is -2.39. The molecule has 1 aliphatic heterocycles. The summed E-state index contributed by atoms with van der Waals surface area (Å²) >= 11 is 6.26. The summed E-state index contributed by atoms with van der Waals surface area (Å²) in [5, 5.41) is 7.99. The Balaban J connectivity index is 1.97. The number of halogens is 2. The summed E-state index contributed by atoms with van der Waals surface area (Å²) in [4.78, 5) is 8.78. The van der Waals surface area contributed by atoms with Crippen LogP contribution in [0.5, 0.6) is 0 Å². The third-order valence-electron chi connectivity index (χ3n) is 5.05. The normalized spacial score (nSPS) is 22.0. The van der Waals surface area contributed by atoms with Gasteiger partial charge < -0.3 is 10.1 Å². The van der Waals surface area contributed by atoms with Crippen molar-refractivity contribution in [2.24, 2.45) is 0 Å². The van der Waals surface area contributed by atoms with Gasteiger partial charge in [0.2, 0.25) is 5.95 Å². The van der Waals surface area contributed by atoms with E-state index in [1.807, 2.05) is 0 Å². The minimum Gasteiger partial charge on any atom is -0.378 e. The van der Waals surface area contributed by atoms with Gasteiger partial charge in [-0.05, 0) is 19.3 Å². The summed E-state index contributed by atoms with van der Waals surface area (Å²) in [7, 11) is 0. The molecule has 0 aromatic carbocycles. The van der Waals surface area contributed by atoms with E-state index in [0.717, 1.165) is 18.7 Å². The van der Waals surface area contributed by atoms with Crippen LogP contribution in [0.4, 0.5) is 10.3 Å². The van der Waals surface area contributed by atoms with Crippen LogP contribution in [-0.4, -0.2) is 45.0 Å². The number of rotatable bonds is 5. The van der Waals surface area contributed by atoms with Crippen molar-refractivity contribution in [2.75, 3.05) is 18.5 Å². The molecule has 1 aliphatic rings. The monoisotopic (exact) mass is 355 g/mol. The molecule has 3 heterocycles. The maximum atomic E-state index is 13.9. The van der Waals surface area contributed by atoms with Crippen molar-refractivity contribution in [1.82, 2.24) is 19.6 Å². The third kappa shape index (κ3) is 3.07. The van der Waals surface area contributed by atoms with Gasteiger partial charge >= 0.3 is 0 Å². The summed E-state index contributed by atoms with van der Waals surface area (Å²) < 4.78 is 20.8. The number of aromatic nitrogens is 4. The summed E-state index contributed by atoms with van der Waals surface area (Å²) in [5.41, 5.74) is 0.525. The zero-order valence-electron chi connectivity index (χ0n) is 14.2. The van der Waals surface area contributed by atoms with Crippen molar-refractivity contribution in [1.29, 1.82) is 0 Å². The number of imidazole rings is 1. The summed E-state index contributed by atoms with van der Waals surface area (Å²) in [6.45, 7) is 7.02. The summed E-state index contributed by atoms with van der Waals surface area (Å²) in [6, 6.07) is -0.345. The molecule has 3 rings (SSSR count). The Morgan fingerprint density at radius 2 is 2.21 bits per heavy atom. The Hall–Kier alpha value is -1.47. The molecular formula is C16H23ClFN5O. The molecule has 24 heavy (non-hydrogen) atoms. The van der Waals surface area contributed by atoms with Gasteiger partial charge in [-0.2, -0.15) is 0 Å². The van der Waals surface area contributed by atoms with Gasteiger partial charge in [-0.1, -0.05) is 32.4 Å². The zero-order valence-corrected chi connectivity index (χ0v) is 15.0. The van der Waals surface area contributed by atoms with Gasteiger partial charge in [0.25, 0.3) is 0 Å². The molecule has 132 valence electrons. The molecule has 0 spiro atoms. The van der Waals surface area contributed by atoms with Gasteiger partial charge in [0.1, 0.15) is 17.5 Å². The first-order valence-electron chi connectivity index (χ1n) is 8.38. The second-order valence-electron chi connectivity index (χ2n) is 6.50. The number of anilines is 1. The molecule has 2 aromatic heterocycles. The second-order valence-corrected chi connectivity index (χ2v) is 6.86. The number of hydrogen-bond donors (Lipinski definition) is 1. The first-order valence-corrected chi connectivity index (χ1v) is 8.76. The number of nitrogens with one attached hydrogen (secondary N) is 1. The molecule has 0 bridgehead atoms. The molecule has 2 atom stereocenters. The highest BCUT2D eigenvalue weighted by molar-refractivity contribution is 6.32. The molecule has 2 aromatic rings. The van der Waals surface area contributed by atoms with Gasteiger partial charge in [-0.3, -0.25) is 0 Å². The van der Waals surface area contributed by atoms with E-state index in [4.69, 9.17) is 16.3 Å². The van der Waals surface area contributed by atoms with E-state index in [-0.39, 0.29) is 18.1 Å². The predicted octanol–water partition coefficient (Wildman–Crippen LogP) is 3.39. The lowest BCUT2D eigenvalue weighted by atomic mass is 9.84. The summed E-state index contributed by atoms with van der Waals surface area (Å²) in [6.07, 6.45) is 2.98. The molecule has 0 amide bonds. The van der Waals surface area contributed by atoms with E-state index >= 15 is 0 Å². The van der Waals surface area contributed by atoms with E-state index in [0.29, 0.717) is 29.6 Å². The van der Waals surface area contributed by atoms with E-state index in [9.17, 15) is 4.39 Å². The highest BCUT2D eigenvalue weighted by Crippen LogP contribution is 2.32. The highest BCUT2D eigenvalue weighted by atomic mass is 35.5. The predicted molar refractivity (Wildman–Crippen MR) is 91.5 cm³/mol. The standard InChI is InChI=1S/C16H23ClFN5O/c1-4-16(3,5-2)14-21-13(17)12-8-19-15(22-23(12)14)20-11-6-7-24-9-10(11)18/h8,10-11H,4-7,9H2,1-3H3,(H,20,22). The van der Waals surface area contributed by atoms with E-state index < -0.39 is 6.17 Å². The second kappa shape index (κ2) is 6.80. The Kier molecular flexibility index (Phi) is 4.92. The molecule has 0 saturated carbocycles. The SMILES string of the molecule is CCC(C)(CC)c1nc(Cl)c2cnc(NC3CCOCC3F)nn12. The highest BCUT2D eigenvalue weighted by Gasteiger charge is 2.30. The Labute approximate surface area is 145 Å². The number of ether oxygens (including phenoxy) is 1. The van der Waals surface area contributed by atoms with E-state index in [1.54, 1.807) is 10.7 Å². The molecule has 2 unspecified atom stereocenters. The minimum absolute atomic E-state index is 0.103. The first-order chi connectivity index (χ1) is 11.5. The van der Waals surface area contributed by atoms with Crippen molar-refractivity contribution < 1.29 is 9.13 Å². The van der Waals surface area contributed by atoms with Gasteiger partial charge in [0, 0.05) is 12.0 Å². The fraction of sp³-hybridized carbons (Fsp3) is 0.688. The number of hydrogen-bond acceptors (Lipinski definition) is 5. The fourth-order valence-electron chi connectivity index (χ4n) is 2.91. The van der Waals surface area contributed by atoms with Gasteiger partial charge in [-0.25, -0.2) is 18.9 Å². The minimum atomic E-state index is -1.07. The molecule has 1 saturated heterocycles. The van der Waals surface area contributed by atoms with Crippen LogP contribution >= 0.6 is 11.6 Å². The molecule has 1 fully saturated rings. The molecular weight excluding hydrogens is 333 g/mol. The average Bonchev–Trinajstić information content (AvgIpc) is 2.93. The molecule has 8 heteroatoms. The van der Waals surface area contributed by atoms with Crippen LogP contribution in [-0.2, 0) is 10.2 Å². The average molecular weight is 356 g/mol. The lowest BCUT2D eigenvalue weighted by molar-refractivity contribution is 0.0284. The maximum absolute atomic E-state index is 13.9. The third-order valence-corrected chi connectivity index (χ3v) is 5.33. The van der Waals surface area contributed by atoms with E-state index in [1.165, 1.54) is 0 Å². The van der Waals surface area contributed by atoms with Crippen LogP contribution in [0.1, 0.15) is 45.9 Å². The maximum Gasteiger partial charge on any atom is 0.241 e. The van der Waals surface area contributed by atoms with Crippen LogP contribution < -0.4 is 5.32 Å². The first kappa shape index (κ1) is 17.4. The lowest BCUT2D eigenvalue weighted by Gasteiger charge is -2.27. The fourth-order valence-corrected chi connectivity index (χ4v) is 3.11. The van der Waals surface area contributed by atoms with Crippen LogP contribution in [0.15, 0.2) is 6.20 Å². The number of fused-ring (bicyclic) bond motifs is 1. The molecule has 0 radical (unpaired) electrons. The Bertz CT molecular complexity index is 718. The van der Waals surface area contributed by atoms with Crippen molar-refractivity contribution in [2.45, 2.75) is 57.7 Å². The molecule has 0 aliphatic carbocycles. The van der Waals surface area contributed by atoms with Gasteiger partial charge in [-0.15, -0.1) is 5.10 Å². The Morgan fingerprint density at radius 1 is 1.46 bits per heavy atom. The number of nitrogens with zero attached hydrogens (tertiary/aromatic N) is 4. The van der Waals surface area contributed by atoms with Gasteiger partial charge in [0.15, 0.2) is 5.15 Å². The molecule has 6 nitrogen and oxygen atoms in total. The van der Waals surface area contributed by atoms with Crippen LogP contribution in [0.2, 0.25) is 5.15 Å². The van der Waals surface area contributed by atoms with Crippen LogP contribution in [0.25, 0.3) is 5.52 Å².